The Labute approximate surface area is 76.6 Å². The summed E-state index contributed by atoms with van der Waals surface area (Å²) in [5.41, 5.74) is 1.40. The summed E-state index contributed by atoms with van der Waals surface area (Å²) < 4.78 is 0. The third-order valence-electron chi connectivity index (χ3n) is 1.57. The molecule has 0 radical (unpaired) electrons. The molecule has 0 aromatic carbocycles. The maximum absolute atomic E-state index is 3.77. The molecule has 0 bridgehead atoms. The highest BCUT2D eigenvalue weighted by Gasteiger charge is 2.06. The van der Waals surface area contributed by atoms with Crippen LogP contribution in [0.3, 0.4) is 0 Å². The van der Waals surface area contributed by atoms with Crippen LogP contribution in [0.25, 0.3) is 0 Å². The first kappa shape index (κ1) is 11.3. The molecular weight excluding hydrogens is 146 g/mol. The Hall–Kier alpha value is -0.720. The molecule has 0 rings (SSSR count). The first-order valence-electron chi connectivity index (χ1n) is 4.47. The van der Waals surface area contributed by atoms with Crippen molar-refractivity contribution in [2.24, 2.45) is 5.92 Å². The highest BCUT2D eigenvalue weighted by atomic mass is 14.9. The van der Waals surface area contributed by atoms with E-state index in [-0.39, 0.29) is 5.54 Å². The van der Waals surface area contributed by atoms with Crippen molar-refractivity contribution >= 4 is 0 Å². The van der Waals surface area contributed by atoms with Gasteiger partial charge in [0, 0.05) is 11.7 Å². The van der Waals surface area contributed by atoms with Crippen molar-refractivity contribution in [3.05, 3.63) is 24.4 Å². The van der Waals surface area contributed by atoms with Gasteiger partial charge in [-0.15, -0.1) is 0 Å². The van der Waals surface area contributed by atoms with Gasteiger partial charge in [-0.2, -0.15) is 0 Å². The Morgan fingerprint density at radius 1 is 1.33 bits per heavy atom. The summed E-state index contributed by atoms with van der Waals surface area (Å²) >= 11 is 0. The van der Waals surface area contributed by atoms with Gasteiger partial charge in [0.1, 0.15) is 0 Å². The summed E-state index contributed by atoms with van der Waals surface area (Å²) in [4.78, 5) is 0. The predicted octanol–water partition coefficient (Wildman–Crippen LogP) is 3.10. The van der Waals surface area contributed by atoms with Crippen LogP contribution >= 0.6 is 0 Å². The van der Waals surface area contributed by atoms with Crippen molar-refractivity contribution in [3.8, 4) is 0 Å². The Morgan fingerprint density at radius 3 is 2.08 bits per heavy atom. The Morgan fingerprint density at radius 2 is 1.83 bits per heavy atom. The second-order valence-corrected chi connectivity index (χ2v) is 4.40. The van der Waals surface area contributed by atoms with E-state index in [1.807, 2.05) is 6.08 Å². The van der Waals surface area contributed by atoms with Crippen LogP contribution in [-0.4, -0.2) is 5.54 Å². The fourth-order valence-electron chi connectivity index (χ4n) is 0.761. The minimum absolute atomic E-state index is 0.142. The maximum atomic E-state index is 3.77. The average molecular weight is 167 g/mol. The highest BCUT2D eigenvalue weighted by Crippen LogP contribution is 2.10. The number of allylic oxidation sites excluding steroid dienone is 2. The van der Waals surface area contributed by atoms with Gasteiger partial charge < -0.3 is 5.32 Å². The molecule has 0 aromatic rings. The van der Waals surface area contributed by atoms with Crippen molar-refractivity contribution in [3.63, 3.8) is 0 Å². The van der Waals surface area contributed by atoms with Gasteiger partial charge in [-0.3, -0.25) is 0 Å². The van der Waals surface area contributed by atoms with Crippen LogP contribution in [-0.2, 0) is 0 Å². The van der Waals surface area contributed by atoms with E-state index in [0.717, 1.165) is 0 Å². The Balaban J connectivity index is 4.22. The standard InChI is InChI=1S/C11H21N/c1-7-10(9(2)3)8-12-11(4,5)6/h7-9,12H,1H2,2-6H3/b10-8+. The summed E-state index contributed by atoms with van der Waals surface area (Å²) in [6.07, 6.45) is 3.96. The molecule has 1 nitrogen and oxygen atoms in total. The van der Waals surface area contributed by atoms with Crippen molar-refractivity contribution in [2.45, 2.75) is 40.2 Å². The summed E-state index contributed by atoms with van der Waals surface area (Å²) in [6, 6.07) is 0. The number of rotatable bonds is 3. The highest BCUT2D eigenvalue weighted by molar-refractivity contribution is 5.17. The van der Waals surface area contributed by atoms with Crippen molar-refractivity contribution in [2.75, 3.05) is 0 Å². The fraction of sp³-hybridized carbons (Fsp3) is 0.636. The molecule has 0 heterocycles. The largest absolute Gasteiger partial charge is 0.386 e. The number of hydrogen-bond acceptors (Lipinski definition) is 1. The van der Waals surface area contributed by atoms with E-state index < -0.39 is 0 Å². The van der Waals surface area contributed by atoms with Crippen molar-refractivity contribution < 1.29 is 0 Å². The summed E-state index contributed by atoms with van der Waals surface area (Å²) in [6.45, 7) is 14.5. The molecule has 1 heteroatoms. The molecule has 0 saturated carbocycles. The normalized spacial score (nSPS) is 13.3. The topological polar surface area (TPSA) is 12.0 Å². The third kappa shape index (κ3) is 5.00. The molecule has 0 aliphatic heterocycles. The van der Waals surface area contributed by atoms with Gasteiger partial charge in [-0.1, -0.05) is 26.5 Å². The smallest absolute Gasteiger partial charge is 0.0284 e. The lowest BCUT2D eigenvalue weighted by Crippen LogP contribution is -2.31. The van der Waals surface area contributed by atoms with Gasteiger partial charge in [0.2, 0.25) is 0 Å². The zero-order valence-electron chi connectivity index (χ0n) is 8.94. The van der Waals surface area contributed by atoms with Crippen LogP contribution in [0.4, 0.5) is 0 Å². The average Bonchev–Trinajstić information content (AvgIpc) is 1.85. The molecule has 0 fully saturated rings. The van der Waals surface area contributed by atoms with Gasteiger partial charge in [0.15, 0.2) is 0 Å². The minimum atomic E-state index is 0.142. The molecule has 12 heavy (non-hydrogen) atoms. The zero-order chi connectivity index (χ0) is 9.78. The van der Waals surface area contributed by atoms with Gasteiger partial charge in [-0.05, 0) is 32.3 Å². The minimum Gasteiger partial charge on any atom is -0.386 e. The van der Waals surface area contributed by atoms with Crippen LogP contribution in [0, 0.1) is 5.92 Å². The first-order chi connectivity index (χ1) is 5.37. The molecule has 0 aliphatic carbocycles. The lowest BCUT2D eigenvalue weighted by atomic mass is 10.0. The van der Waals surface area contributed by atoms with E-state index in [1.54, 1.807) is 0 Å². The molecule has 0 saturated heterocycles. The van der Waals surface area contributed by atoms with E-state index in [2.05, 4.69) is 52.7 Å². The second-order valence-electron chi connectivity index (χ2n) is 4.40. The molecule has 0 atom stereocenters. The third-order valence-corrected chi connectivity index (χ3v) is 1.57. The number of hydrogen-bond donors (Lipinski definition) is 1. The van der Waals surface area contributed by atoms with Crippen LogP contribution in [0.5, 0.6) is 0 Å². The monoisotopic (exact) mass is 167 g/mol. The summed E-state index contributed by atoms with van der Waals surface area (Å²) in [7, 11) is 0. The molecule has 70 valence electrons. The van der Waals surface area contributed by atoms with E-state index in [4.69, 9.17) is 0 Å². The van der Waals surface area contributed by atoms with E-state index in [9.17, 15) is 0 Å². The molecule has 0 aliphatic rings. The molecular formula is C11H21N. The summed E-state index contributed by atoms with van der Waals surface area (Å²) in [5, 5.41) is 3.32. The fourth-order valence-corrected chi connectivity index (χ4v) is 0.761. The Kier molecular flexibility index (Phi) is 4.08. The maximum Gasteiger partial charge on any atom is 0.0284 e. The van der Waals surface area contributed by atoms with Crippen LogP contribution < -0.4 is 5.32 Å². The van der Waals surface area contributed by atoms with Crippen molar-refractivity contribution in [1.29, 1.82) is 0 Å². The van der Waals surface area contributed by atoms with E-state index >= 15 is 0 Å². The van der Waals surface area contributed by atoms with Crippen LogP contribution in [0.15, 0.2) is 24.4 Å². The second kappa shape index (κ2) is 4.34. The first-order valence-corrected chi connectivity index (χ1v) is 4.47. The van der Waals surface area contributed by atoms with Crippen molar-refractivity contribution in [1.82, 2.24) is 5.32 Å². The molecule has 0 amide bonds. The SMILES string of the molecule is C=C/C(=C\NC(C)(C)C)C(C)C. The van der Waals surface area contributed by atoms with E-state index in [0.29, 0.717) is 5.92 Å². The molecule has 0 unspecified atom stereocenters. The zero-order valence-corrected chi connectivity index (χ0v) is 8.94. The Bertz CT molecular complexity index is 170. The van der Waals surface area contributed by atoms with E-state index in [1.165, 1.54) is 5.57 Å². The molecule has 1 N–H and O–H groups in total. The van der Waals surface area contributed by atoms with Gasteiger partial charge in [-0.25, -0.2) is 0 Å². The van der Waals surface area contributed by atoms with Crippen LogP contribution in [0.2, 0.25) is 0 Å². The summed E-state index contributed by atoms with van der Waals surface area (Å²) in [5.74, 6) is 0.539. The van der Waals surface area contributed by atoms with Gasteiger partial charge in [0.05, 0.1) is 0 Å². The molecule has 0 spiro atoms. The number of nitrogens with one attached hydrogen (secondary N) is 1. The lowest BCUT2D eigenvalue weighted by molar-refractivity contribution is 0.487. The van der Waals surface area contributed by atoms with Crippen LogP contribution in [0.1, 0.15) is 34.6 Å². The lowest BCUT2D eigenvalue weighted by Gasteiger charge is -2.20. The van der Waals surface area contributed by atoms with Gasteiger partial charge in [0.25, 0.3) is 0 Å². The molecule has 0 aromatic heterocycles. The predicted molar refractivity (Wildman–Crippen MR) is 56.0 cm³/mol. The quantitative estimate of drug-likeness (QED) is 0.637. The van der Waals surface area contributed by atoms with Gasteiger partial charge >= 0.3 is 0 Å².